The van der Waals surface area contributed by atoms with Crippen LogP contribution in [0.5, 0.6) is 0 Å². The number of methoxy groups -OCH3 is 2. The van der Waals surface area contributed by atoms with Crippen molar-refractivity contribution < 1.29 is 33.3 Å². The second-order valence-corrected chi connectivity index (χ2v) is 5.33. The largest absolute Gasteiger partial charge is 0.516 e. The molecule has 1 fully saturated rings. The Labute approximate surface area is 134 Å². The third-order valence-corrected chi connectivity index (χ3v) is 3.84. The van der Waals surface area contributed by atoms with Gasteiger partial charge in [0.05, 0.1) is 12.2 Å². The van der Waals surface area contributed by atoms with Crippen molar-refractivity contribution in [3.05, 3.63) is 35.9 Å². The van der Waals surface area contributed by atoms with Gasteiger partial charge < -0.3 is 23.7 Å². The van der Waals surface area contributed by atoms with Crippen molar-refractivity contribution >= 4 is 12.1 Å². The molecule has 1 aromatic carbocycles. The quantitative estimate of drug-likeness (QED) is 0.620. The van der Waals surface area contributed by atoms with Crippen LogP contribution in [0.25, 0.3) is 0 Å². The first kappa shape index (κ1) is 17.4. The van der Waals surface area contributed by atoms with E-state index >= 15 is 0 Å². The molecule has 126 valence electrons. The average Bonchev–Trinajstić information content (AvgIpc) is 2.57. The number of benzene rings is 1. The first-order chi connectivity index (χ1) is 11.0. The van der Waals surface area contributed by atoms with E-state index in [0.29, 0.717) is 6.42 Å². The van der Waals surface area contributed by atoms with Crippen LogP contribution in [0.4, 0.5) is 4.79 Å². The molecule has 1 heterocycles. The van der Waals surface area contributed by atoms with E-state index in [0.717, 1.165) is 0 Å². The van der Waals surface area contributed by atoms with E-state index in [1.54, 1.807) is 37.3 Å². The maximum absolute atomic E-state index is 11.8. The summed E-state index contributed by atoms with van der Waals surface area (Å²) in [7, 11) is 3.03. The van der Waals surface area contributed by atoms with Crippen molar-refractivity contribution in [2.75, 3.05) is 20.8 Å². The zero-order chi connectivity index (χ0) is 16.9. The molecule has 7 nitrogen and oxygen atoms in total. The monoisotopic (exact) mass is 324 g/mol. The Kier molecular flexibility index (Phi) is 5.70. The van der Waals surface area contributed by atoms with Gasteiger partial charge in [0.2, 0.25) is 0 Å². The first-order valence-corrected chi connectivity index (χ1v) is 7.16. The van der Waals surface area contributed by atoms with Gasteiger partial charge in [-0.05, 0) is 19.1 Å². The summed E-state index contributed by atoms with van der Waals surface area (Å²) < 4.78 is 25.9. The first-order valence-electron chi connectivity index (χ1n) is 7.16. The summed E-state index contributed by atoms with van der Waals surface area (Å²) in [6.45, 7) is 1.86. The summed E-state index contributed by atoms with van der Waals surface area (Å²) in [6, 6.07) is 8.18. The van der Waals surface area contributed by atoms with Crippen molar-refractivity contribution in [2.24, 2.45) is 0 Å². The van der Waals surface area contributed by atoms with Crippen molar-refractivity contribution in [1.29, 1.82) is 0 Å². The molecule has 0 amide bonds. The molecule has 0 radical (unpaired) electrons. The number of ether oxygens (including phenoxy) is 5. The average molecular weight is 324 g/mol. The van der Waals surface area contributed by atoms with Gasteiger partial charge in [0.1, 0.15) is 5.60 Å². The second-order valence-electron chi connectivity index (χ2n) is 5.33. The summed E-state index contributed by atoms with van der Waals surface area (Å²) in [5.41, 5.74) is -0.536. The summed E-state index contributed by atoms with van der Waals surface area (Å²) >= 11 is 0. The standard InChI is InChI=1S/C16H20O7/c1-16(20-3)9-13(19-2)21-10-12(16)22-15(18)23-14(17)11-7-5-4-6-8-11/h4-8,12-13H,9-10H2,1-3H3/t12-,13+,16+/m0/s1. The van der Waals surface area contributed by atoms with Gasteiger partial charge >= 0.3 is 12.1 Å². The van der Waals surface area contributed by atoms with Gasteiger partial charge in [0.15, 0.2) is 12.4 Å². The molecule has 0 N–H and O–H groups in total. The van der Waals surface area contributed by atoms with E-state index in [-0.39, 0.29) is 12.2 Å². The van der Waals surface area contributed by atoms with Crippen LogP contribution in [0.2, 0.25) is 0 Å². The molecule has 0 bridgehead atoms. The second kappa shape index (κ2) is 7.54. The fraction of sp³-hybridized carbons (Fsp3) is 0.500. The van der Waals surface area contributed by atoms with Gasteiger partial charge in [-0.1, -0.05) is 18.2 Å². The minimum atomic E-state index is -1.09. The molecule has 7 heteroatoms. The Balaban J connectivity index is 1.95. The topological polar surface area (TPSA) is 80.3 Å². The molecule has 1 saturated heterocycles. The number of esters is 1. The van der Waals surface area contributed by atoms with Crippen molar-refractivity contribution in [1.82, 2.24) is 0 Å². The number of carbonyl (C=O) groups excluding carboxylic acids is 2. The van der Waals surface area contributed by atoms with E-state index in [9.17, 15) is 9.59 Å². The predicted molar refractivity (Wildman–Crippen MR) is 78.9 cm³/mol. The molecule has 1 aliphatic rings. The summed E-state index contributed by atoms with van der Waals surface area (Å²) in [4.78, 5) is 23.7. The fourth-order valence-corrected chi connectivity index (χ4v) is 2.27. The maximum Gasteiger partial charge on any atom is 0.516 e. The number of rotatable bonds is 4. The van der Waals surface area contributed by atoms with E-state index in [4.69, 9.17) is 18.9 Å². The molecule has 0 unspecified atom stereocenters. The Hall–Kier alpha value is -1.96. The molecule has 1 aliphatic heterocycles. The van der Waals surface area contributed by atoms with Gasteiger partial charge in [0.25, 0.3) is 0 Å². The molecular weight excluding hydrogens is 304 g/mol. The Morgan fingerprint density at radius 1 is 1.22 bits per heavy atom. The predicted octanol–water partition coefficient (Wildman–Crippen LogP) is 2.15. The van der Waals surface area contributed by atoms with Crippen LogP contribution in [-0.2, 0) is 23.7 Å². The number of hydrogen-bond donors (Lipinski definition) is 0. The lowest BCUT2D eigenvalue weighted by atomic mass is 9.92. The van der Waals surface area contributed by atoms with Gasteiger partial charge in [0, 0.05) is 20.6 Å². The fourth-order valence-electron chi connectivity index (χ4n) is 2.27. The van der Waals surface area contributed by atoms with Crippen LogP contribution < -0.4 is 0 Å². The molecule has 0 spiro atoms. The SMILES string of the molecule is CO[C@H]1C[C@@](C)(OC)[C@@H](OC(=O)OC(=O)c2ccccc2)CO1. The van der Waals surface area contributed by atoms with E-state index in [1.807, 2.05) is 0 Å². The zero-order valence-electron chi connectivity index (χ0n) is 13.3. The van der Waals surface area contributed by atoms with Crippen LogP contribution in [0.3, 0.4) is 0 Å². The molecule has 0 saturated carbocycles. The lowest BCUT2D eigenvalue weighted by Crippen LogP contribution is -2.54. The van der Waals surface area contributed by atoms with Crippen LogP contribution in [0.15, 0.2) is 30.3 Å². The van der Waals surface area contributed by atoms with Gasteiger partial charge in [-0.3, -0.25) is 0 Å². The maximum atomic E-state index is 11.8. The normalized spacial score (nSPS) is 27.3. The lowest BCUT2D eigenvalue weighted by molar-refractivity contribution is -0.245. The summed E-state index contributed by atoms with van der Waals surface area (Å²) in [5.74, 6) is -0.777. The minimum absolute atomic E-state index is 0.0808. The highest BCUT2D eigenvalue weighted by Gasteiger charge is 2.44. The van der Waals surface area contributed by atoms with Gasteiger partial charge in [-0.2, -0.15) is 0 Å². The van der Waals surface area contributed by atoms with Crippen LogP contribution in [0, 0.1) is 0 Å². The van der Waals surface area contributed by atoms with Gasteiger partial charge in [-0.15, -0.1) is 0 Å². The van der Waals surface area contributed by atoms with E-state index < -0.39 is 30.1 Å². The smallest absolute Gasteiger partial charge is 0.425 e. The zero-order valence-corrected chi connectivity index (χ0v) is 13.3. The third-order valence-electron chi connectivity index (χ3n) is 3.84. The van der Waals surface area contributed by atoms with Crippen LogP contribution in [0.1, 0.15) is 23.7 Å². The lowest BCUT2D eigenvalue weighted by Gasteiger charge is -2.41. The Bertz CT molecular complexity index is 545. The van der Waals surface area contributed by atoms with Crippen molar-refractivity contribution in [3.8, 4) is 0 Å². The highest BCUT2D eigenvalue weighted by Crippen LogP contribution is 2.30. The highest BCUT2D eigenvalue weighted by atomic mass is 16.8. The minimum Gasteiger partial charge on any atom is -0.425 e. The summed E-state index contributed by atoms with van der Waals surface area (Å²) in [6.07, 6.45) is -1.87. The molecule has 0 aliphatic carbocycles. The third kappa shape index (κ3) is 4.28. The molecule has 0 aromatic heterocycles. The van der Waals surface area contributed by atoms with E-state index in [1.165, 1.54) is 14.2 Å². The van der Waals surface area contributed by atoms with Crippen molar-refractivity contribution in [2.45, 2.75) is 31.3 Å². The van der Waals surface area contributed by atoms with Crippen LogP contribution in [-0.4, -0.2) is 50.9 Å². The molecule has 1 aromatic rings. The van der Waals surface area contributed by atoms with Crippen molar-refractivity contribution in [3.63, 3.8) is 0 Å². The van der Waals surface area contributed by atoms with Crippen LogP contribution >= 0.6 is 0 Å². The number of carbonyl (C=O) groups is 2. The molecule has 3 atom stereocenters. The Morgan fingerprint density at radius 2 is 1.91 bits per heavy atom. The molecule has 23 heavy (non-hydrogen) atoms. The number of hydrogen-bond acceptors (Lipinski definition) is 7. The Morgan fingerprint density at radius 3 is 2.52 bits per heavy atom. The van der Waals surface area contributed by atoms with E-state index in [2.05, 4.69) is 4.74 Å². The summed E-state index contributed by atoms with van der Waals surface area (Å²) in [5, 5.41) is 0. The highest BCUT2D eigenvalue weighted by molar-refractivity contribution is 5.95. The molecule has 2 rings (SSSR count). The molecular formula is C16H20O7. The van der Waals surface area contributed by atoms with Gasteiger partial charge in [-0.25, -0.2) is 9.59 Å².